The van der Waals surface area contributed by atoms with E-state index in [0.717, 1.165) is 16.1 Å². The van der Waals surface area contributed by atoms with Crippen molar-refractivity contribution in [1.82, 2.24) is 0 Å². The molecular weight excluding hydrogens is 396 g/mol. The van der Waals surface area contributed by atoms with Crippen LogP contribution in [0, 0.1) is 11.3 Å². The van der Waals surface area contributed by atoms with Crippen molar-refractivity contribution in [1.29, 1.82) is 5.26 Å². The molecule has 2 N–H and O–H groups in total. The van der Waals surface area contributed by atoms with Gasteiger partial charge in [-0.2, -0.15) is 5.26 Å². The maximum atomic E-state index is 12.6. The van der Waals surface area contributed by atoms with Crippen LogP contribution in [0.5, 0.6) is 0 Å². The largest absolute Gasteiger partial charge is 0.323 e. The molecule has 3 aromatic rings. The van der Waals surface area contributed by atoms with E-state index in [9.17, 15) is 9.59 Å². The second-order valence-corrected chi connectivity index (χ2v) is 7.73. The molecule has 0 radical (unpaired) electrons. The molecule has 0 fully saturated rings. The zero-order chi connectivity index (χ0) is 20.9. The number of benzene rings is 3. The Morgan fingerprint density at radius 1 is 1.00 bits per heavy atom. The van der Waals surface area contributed by atoms with Crippen LogP contribution >= 0.6 is 11.8 Å². The molecule has 0 bridgehead atoms. The lowest BCUT2D eigenvalue weighted by Crippen LogP contribution is -2.34. The SMILES string of the molecule is N#Cc1cccc(NC(=O)Nc2ccc3c(c2)N(Cc2ccccc2)C(=O)CS3)c1. The molecule has 0 unspecified atom stereocenters. The fraction of sp³-hybridized carbons (Fsp3) is 0.0870. The third-order valence-corrected chi connectivity index (χ3v) is 5.64. The van der Waals surface area contributed by atoms with Gasteiger partial charge >= 0.3 is 6.03 Å². The van der Waals surface area contributed by atoms with Crippen molar-refractivity contribution in [2.75, 3.05) is 21.3 Å². The van der Waals surface area contributed by atoms with Crippen LogP contribution in [0.4, 0.5) is 21.9 Å². The van der Waals surface area contributed by atoms with Crippen molar-refractivity contribution in [3.8, 4) is 6.07 Å². The highest BCUT2D eigenvalue weighted by Gasteiger charge is 2.25. The number of amides is 3. The van der Waals surface area contributed by atoms with Gasteiger partial charge in [0, 0.05) is 16.3 Å². The van der Waals surface area contributed by atoms with Gasteiger partial charge in [0.15, 0.2) is 0 Å². The molecule has 1 heterocycles. The first kappa shape index (κ1) is 19.6. The highest BCUT2D eigenvalue weighted by Crippen LogP contribution is 2.38. The van der Waals surface area contributed by atoms with Gasteiger partial charge in [0.2, 0.25) is 5.91 Å². The molecule has 1 aliphatic rings. The number of nitrogens with zero attached hydrogens (tertiary/aromatic N) is 2. The Bertz CT molecular complexity index is 1140. The smallest absolute Gasteiger partial charge is 0.308 e. The normalized spacial score (nSPS) is 12.6. The molecule has 0 aromatic heterocycles. The first-order valence-corrected chi connectivity index (χ1v) is 10.3. The van der Waals surface area contributed by atoms with Gasteiger partial charge in [-0.25, -0.2) is 4.79 Å². The summed E-state index contributed by atoms with van der Waals surface area (Å²) >= 11 is 1.50. The van der Waals surface area contributed by atoms with E-state index in [-0.39, 0.29) is 5.91 Å². The third-order valence-electron chi connectivity index (χ3n) is 4.59. The predicted octanol–water partition coefficient (Wildman–Crippen LogP) is 4.84. The highest BCUT2D eigenvalue weighted by molar-refractivity contribution is 8.00. The standard InChI is InChI=1S/C23H18N4O2S/c24-13-17-7-4-8-18(11-17)25-23(29)26-19-9-10-21-20(12-19)27(22(28)15-30-21)14-16-5-2-1-3-6-16/h1-12H,14-15H2,(H2,25,26,29). The van der Waals surface area contributed by atoms with Gasteiger partial charge in [-0.05, 0) is 42.0 Å². The molecule has 6 nitrogen and oxygen atoms in total. The minimum Gasteiger partial charge on any atom is -0.308 e. The number of anilines is 3. The number of hydrogen-bond acceptors (Lipinski definition) is 4. The Morgan fingerprint density at radius 3 is 2.53 bits per heavy atom. The van der Waals surface area contributed by atoms with E-state index in [1.165, 1.54) is 11.8 Å². The highest BCUT2D eigenvalue weighted by atomic mass is 32.2. The number of fused-ring (bicyclic) bond motifs is 1. The van der Waals surface area contributed by atoms with Crippen molar-refractivity contribution >= 4 is 40.8 Å². The van der Waals surface area contributed by atoms with E-state index < -0.39 is 6.03 Å². The van der Waals surface area contributed by atoms with Crippen molar-refractivity contribution in [3.63, 3.8) is 0 Å². The maximum absolute atomic E-state index is 12.6. The monoisotopic (exact) mass is 414 g/mol. The molecule has 0 spiro atoms. The molecule has 30 heavy (non-hydrogen) atoms. The molecule has 3 aromatic carbocycles. The Kier molecular flexibility index (Phi) is 5.68. The Morgan fingerprint density at radius 2 is 1.77 bits per heavy atom. The number of nitriles is 1. The van der Waals surface area contributed by atoms with E-state index in [1.807, 2.05) is 54.6 Å². The summed E-state index contributed by atoms with van der Waals surface area (Å²) in [5.41, 5.74) is 3.40. The van der Waals surface area contributed by atoms with Crippen LogP contribution in [0.25, 0.3) is 0 Å². The Labute approximate surface area is 178 Å². The lowest BCUT2D eigenvalue weighted by Gasteiger charge is -2.29. The fourth-order valence-corrected chi connectivity index (χ4v) is 4.10. The second kappa shape index (κ2) is 8.72. The average Bonchev–Trinajstić information content (AvgIpc) is 2.76. The molecule has 0 saturated heterocycles. The number of urea groups is 1. The van der Waals surface area contributed by atoms with Gasteiger partial charge in [0.1, 0.15) is 0 Å². The van der Waals surface area contributed by atoms with Gasteiger partial charge in [0.25, 0.3) is 0 Å². The summed E-state index contributed by atoms with van der Waals surface area (Å²) in [6, 6.07) is 23.7. The van der Waals surface area contributed by atoms with Crippen LogP contribution in [0.1, 0.15) is 11.1 Å². The van der Waals surface area contributed by atoms with Crippen LogP contribution in [0.3, 0.4) is 0 Å². The summed E-state index contributed by atoms with van der Waals surface area (Å²) in [4.78, 5) is 27.7. The molecule has 0 atom stereocenters. The average molecular weight is 414 g/mol. The molecule has 1 aliphatic heterocycles. The van der Waals surface area contributed by atoms with Crippen LogP contribution in [-0.4, -0.2) is 17.7 Å². The van der Waals surface area contributed by atoms with Crippen molar-refractivity contribution in [2.45, 2.75) is 11.4 Å². The molecule has 4 rings (SSSR count). The minimum atomic E-state index is -0.422. The van der Waals surface area contributed by atoms with E-state index >= 15 is 0 Å². The lowest BCUT2D eigenvalue weighted by atomic mass is 10.2. The van der Waals surface area contributed by atoms with E-state index in [4.69, 9.17) is 5.26 Å². The van der Waals surface area contributed by atoms with Crippen LogP contribution < -0.4 is 15.5 Å². The van der Waals surface area contributed by atoms with Gasteiger partial charge < -0.3 is 15.5 Å². The zero-order valence-corrected chi connectivity index (χ0v) is 16.8. The van der Waals surface area contributed by atoms with Gasteiger partial charge in [-0.1, -0.05) is 36.4 Å². The van der Waals surface area contributed by atoms with Crippen molar-refractivity contribution < 1.29 is 9.59 Å². The fourth-order valence-electron chi connectivity index (χ4n) is 3.18. The maximum Gasteiger partial charge on any atom is 0.323 e. The number of rotatable bonds is 4. The number of carbonyl (C=O) groups is 2. The van der Waals surface area contributed by atoms with E-state index in [0.29, 0.717) is 29.2 Å². The first-order chi connectivity index (χ1) is 14.6. The molecule has 0 saturated carbocycles. The Hall–Kier alpha value is -3.76. The van der Waals surface area contributed by atoms with E-state index in [1.54, 1.807) is 29.2 Å². The number of hydrogen-bond donors (Lipinski definition) is 2. The summed E-state index contributed by atoms with van der Waals surface area (Å²) in [5, 5.41) is 14.5. The quantitative estimate of drug-likeness (QED) is 0.640. The summed E-state index contributed by atoms with van der Waals surface area (Å²) < 4.78 is 0. The van der Waals surface area contributed by atoms with E-state index in [2.05, 4.69) is 10.6 Å². The molecule has 0 aliphatic carbocycles. The molecule has 3 amide bonds. The van der Waals surface area contributed by atoms with Crippen molar-refractivity contribution in [2.24, 2.45) is 0 Å². The van der Waals surface area contributed by atoms with Gasteiger partial charge in [-0.15, -0.1) is 11.8 Å². The minimum absolute atomic E-state index is 0.0336. The van der Waals surface area contributed by atoms with Crippen LogP contribution in [0.15, 0.2) is 77.7 Å². The zero-order valence-electron chi connectivity index (χ0n) is 16.0. The van der Waals surface area contributed by atoms with Gasteiger partial charge in [0.05, 0.1) is 29.6 Å². The molecule has 7 heteroatoms. The molecular formula is C23H18N4O2S. The summed E-state index contributed by atoms with van der Waals surface area (Å²) in [5.74, 6) is 0.425. The van der Waals surface area contributed by atoms with Gasteiger partial charge in [-0.3, -0.25) is 4.79 Å². The number of thioether (sulfide) groups is 1. The molecule has 148 valence electrons. The summed E-state index contributed by atoms with van der Waals surface area (Å²) in [6.45, 7) is 0.476. The first-order valence-electron chi connectivity index (χ1n) is 9.32. The third kappa shape index (κ3) is 4.45. The van der Waals surface area contributed by atoms with Crippen LogP contribution in [0.2, 0.25) is 0 Å². The Balaban J connectivity index is 1.52. The van der Waals surface area contributed by atoms with Crippen molar-refractivity contribution in [3.05, 3.63) is 83.9 Å². The summed E-state index contributed by atoms with van der Waals surface area (Å²) in [6.07, 6.45) is 0. The second-order valence-electron chi connectivity index (χ2n) is 6.71. The van der Waals surface area contributed by atoms with Crippen LogP contribution in [-0.2, 0) is 11.3 Å². The predicted molar refractivity (Wildman–Crippen MR) is 119 cm³/mol. The topological polar surface area (TPSA) is 85.2 Å². The lowest BCUT2D eigenvalue weighted by molar-refractivity contribution is -0.116. The number of carbonyl (C=O) groups excluding carboxylic acids is 2. The summed E-state index contributed by atoms with van der Waals surface area (Å²) in [7, 11) is 0. The number of nitrogens with one attached hydrogen (secondary N) is 2.